The number of hydrogen-bond acceptors (Lipinski definition) is 1. The number of ether oxygens (including phenoxy) is 1. The smallest absolute Gasteiger partial charge is 0.0919 e. The Morgan fingerprint density at radius 2 is 1.93 bits per heavy atom. The van der Waals surface area contributed by atoms with Gasteiger partial charge in [0.15, 0.2) is 0 Å². The van der Waals surface area contributed by atoms with Gasteiger partial charge < -0.3 is 4.74 Å². The third-order valence-electron chi connectivity index (χ3n) is 2.97. The van der Waals surface area contributed by atoms with Gasteiger partial charge in [-0.1, -0.05) is 43.7 Å². The highest BCUT2D eigenvalue weighted by Gasteiger charge is 2.42. The lowest BCUT2D eigenvalue weighted by atomic mass is 9.96. The monoisotopic (exact) mass is 190 g/mol. The van der Waals surface area contributed by atoms with E-state index in [9.17, 15) is 0 Å². The van der Waals surface area contributed by atoms with Gasteiger partial charge in [-0.05, 0) is 24.8 Å². The molecule has 1 heterocycles. The van der Waals surface area contributed by atoms with E-state index in [-0.39, 0.29) is 5.60 Å². The zero-order valence-electron chi connectivity index (χ0n) is 8.83. The molecule has 1 nitrogen and oxygen atoms in total. The molecule has 1 fully saturated rings. The van der Waals surface area contributed by atoms with Crippen LogP contribution in [0.5, 0.6) is 0 Å². The van der Waals surface area contributed by atoms with Gasteiger partial charge in [-0.15, -0.1) is 0 Å². The Hall–Kier alpha value is -0.820. The molecule has 0 radical (unpaired) electrons. The molecule has 1 aliphatic rings. The summed E-state index contributed by atoms with van der Waals surface area (Å²) in [6.07, 6.45) is 4.79. The van der Waals surface area contributed by atoms with E-state index in [0.717, 1.165) is 13.0 Å². The summed E-state index contributed by atoms with van der Waals surface area (Å²) < 4.78 is 5.56. The lowest BCUT2D eigenvalue weighted by Gasteiger charge is -2.09. The molecular formula is C13H18O. The van der Waals surface area contributed by atoms with Gasteiger partial charge in [-0.25, -0.2) is 0 Å². The summed E-state index contributed by atoms with van der Waals surface area (Å²) in [7, 11) is 0. The van der Waals surface area contributed by atoms with Crippen molar-refractivity contribution in [3.63, 3.8) is 0 Å². The molecule has 1 saturated heterocycles. The van der Waals surface area contributed by atoms with Crippen LogP contribution in [0.2, 0.25) is 0 Å². The van der Waals surface area contributed by atoms with Crippen molar-refractivity contribution in [3.05, 3.63) is 35.9 Å². The van der Waals surface area contributed by atoms with Gasteiger partial charge in [0.2, 0.25) is 0 Å². The summed E-state index contributed by atoms with van der Waals surface area (Å²) in [6.45, 7) is 3.21. The molecule has 1 heteroatoms. The summed E-state index contributed by atoms with van der Waals surface area (Å²) in [4.78, 5) is 0. The van der Waals surface area contributed by atoms with Gasteiger partial charge in [-0.3, -0.25) is 0 Å². The molecule has 0 bridgehead atoms. The third kappa shape index (κ3) is 2.36. The van der Waals surface area contributed by atoms with E-state index in [0.29, 0.717) is 0 Å². The zero-order valence-corrected chi connectivity index (χ0v) is 8.83. The average molecular weight is 190 g/mol. The maximum absolute atomic E-state index is 5.56. The maximum atomic E-state index is 5.56. The molecule has 76 valence electrons. The van der Waals surface area contributed by atoms with E-state index < -0.39 is 0 Å². The van der Waals surface area contributed by atoms with Crippen molar-refractivity contribution in [3.8, 4) is 0 Å². The van der Waals surface area contributed by atoms with E-state index >= 15 is 0 Å². The summed E-state index contributed by atoms with van der Waals surface area (Å²) in [5, 5.41) is 0. The molecule has 0 N–H and O–H groups in total. The van der Waals surface area contributed by atoms with Crippen molar-refractivity contribution in [1.29, 1.82) is 0 Å². The standard InChI is InChI=1S/C13H18O/c1-2-9-13(11-14-13)10-8-12-6-4-3-5-7-12/h3-7H,2,8-11H2,1H3. The second kappa shape index (κ2) is 4.14. The molecular weight excluding hydrogens is 172 g/mol. The normalized spacial score (nSPS) is 24.9. The minimum Gasteiger partial charge on any atom is -0.370 e. The van der Waals surface area contributed by atoms with Crippen molar-refractivity contribution in [2.45, 2.75) is 38.2 Å². The third-order valence-corrected chi connectivity index (χ3v) is 2.97. The van der Waals surface area contributed by atoms with Crippen LogP contribution >= 0.6 is 0 Å². The highest BCUT2D eigenvalue weighted by Crippen LogP contribution is 2.36. The Balaban J connectivity index is 1.83. The largest absolute Gasteiger partial charge is 0.370 e. The summed E-state index contributed by atoms with van der Waals surface area (Å²) in [5.74, 6) is 0. The Kier molecular flexibility index (Phi) is 2.87. The quantitative estimate of drug-likeness (QED) is 0.650. The van der Waals surface area contributed by atoms with Gasteiger partial charge in [0, 0.05) is 0 Å². The van der Waals surface area contributed by atoms with Crippen LogP contribution in [0.1, 0.15) is 31.7 Å². The highest BCUT2D eigenvalue weighted by atomic mass is 16.6. The van der Waals surface area contributed by atoms with Gasteiger partial charge in [-0.2, -0.15) is 0 Å². The topological polar surface area (TPSA) is 12.5 Å². The first-order valence-electron chi connectivity index (χ1n) is 5.52. The lowest BCUT2D eigenvalue weighted by Crippen LogP contribution is -2.11. The first-order valence-corrected chi connectivity index (χ1v) is 5.52. The first-order chi connectivity index (χ1) is 6.85. The Morgan fingerprint density at radius 3 is 2.50 bits per heavy atom. The molecule has 0 amide bonds. The van der Waals surface area contributed by atoms with Gasteiger partial charge in [0.05, 0.1) is 12.2 Å². The van der Waals surface area contributed by atoms with Crippen LogP contribution in [-0.4, -0.2) is 12.2 Å². The summed E-state index contributed by atoms with van der Waals surface area (Å²) >= 11 is 0. The van der Waals surface area contributed by atoms with E-state index in [4.69, 9.17) is 4.74 Å². The molecule has 1 unspecified atom stereocenters. The molecule has 2 rings (SSSR count). The average Bonchev–Trinajstić information content (AvgIpc) is 2.98. The lowest BCUT2D eigenvalue weighted by molar-refractivity contribution is 0.272. The minimum atomic E-state index is 0.255. The van der Waals surface area contributed by atoms with E-state index in [1.165, 1.54) is 24.8 Å². The Bertz CT molecular complexity index is 275. The van der Waals surface area contributed by atoms with E-state index in [1.807, 2.05) is 0 Å². The highest BCUT2D eigenvalue weighted by molar-refractivity contribution is 5.15. The predicted octanol–water partition coefficient (Wildman–Crippen LogP) is 3.19. The maximum Gasteiger partial charge on any atom is 0.0919 e. The fourth-order valence-electron chi connectivity index (χ4n) is 1.99. The Morgan fingerprint density at radius 1 is 1.21 bits per heavy atom. The van der Waals surface area contributed by atoms with Crippen LogP contribution in [-0.2, 0) is 11.2 Å². The minimum absolute atomic E-state index is 0.255. The second-order valence-electron chi connectivity index (χ2n) is 4.21. The van der Waals surface area contributed by atoms with E-state index in [1.54, 1.807) is 0 Å². The fourth-order valence-corrected chi connectivity index (χ4v) is 1.99. The number of hydrogen-bond donors (Lipinski definition) is 0. The van der Waals surface area contributed by atoms with Crippen molar-refractivity contribution < 1.29 is 4.74 Å². The molecule has 1 aromatic carbocycles. The number of benzene rings is 1. The summed E-state index contributed by atoms with van der Waals surface area (Å²) in [5.41, 5.74) is 1.68. The SMILES string of the molecule is CCCC1(CCc2ccccc2)CO1. The Labute approximate surface area is 86.1 Å². The van der Waals surface area contributed by atoms with Crippen LogP contribution < -0.4 is 0 Å². The number of aryl methyl sites for hydroxylation is 1. The van der Waals surface area contributed by atoms with Gasteiger partial charge in [0.25, 0.3) is 0 Å². The number of rotatable bonds is 5. The molecule has 0 aromatic heterocycles. The molecule has 0 aliphatic carbocycles. The molecule has 14 heavy (non-hydrogen) atoms. The molecule has 0 spiro atoms. The fraction of sp³-hybridized carbons (Fsp3) is 0.538. The van der Waals surface area contributed by atoms with Crippen LogP contribution in [0, 0.1) is 0 Å². The molecule has 1 atom stereocenters. The predicted molar refractivity (Wildman–Crippen MR) is 58.4 cm³/mol. The van der Waals surface area contributed by atoms with Crippen molar-refractivity contribution in [2.24, 2.45) is 0 Å². The van der Waals surface area contributed by atoms with Crippen LogP contribution in [0.15, 0.2) is 30.3 Å². The molecule has 1 aliphatic heterocycles. The van der Waals surface area contributed by atoms with Crippen LogP contribution in [0.4, 0.5) is 0 Å². The van der Waals surface area contributed by atoms with Crippen molar-refractivity contribution in [1.82, 2.24) is 0 Å². The number of epoxide rings is 1. The van der Waals surface area contributed by atoms with Gasteiger partial charge >= 0.3 is 0 Å². The molecule has 1 aromatic rings. The van der Waals surface area contributed by atoms with Crippen molar-refractivity contribution >= 4 is 0 Å². The second-order valence-corrected chi connectivity index (χ2v) is 4.21. The van der Waals surface area contributed by atoms with Crippen LogP contribution in [0.3, 0.4) is 0 Å². The summed E-state index contributed by atoms with van der Waals surface area (Å²) in [6, 6.07) is 10.7. The molecule has 0 saturated carbocycles. The zero-order chi connectivity index (χ0) is 9.86. The van der Waals surface area contributed by atoms with Gasteiger partial charge in [0.1, 0.15) is 0 Å². The van der Waals surface area contributed by atoms with Crippen LogP contribution in [0.25, 0.3) is 0 Å². The first kappa shape index (κ1) is 9.72. The van der Waals surface area contributed by atoms with Crippen molar-refractivity contribution in [2.75, 3.05) is 6.61 Å². The van der Waals surface area contributed by atoms with E-state index in [2.05, 4.69) is 37.3 Å².